The number of hydrogen-bond acceptors (Lipinski definition) is 9. The highest BCUT2D eigenvalue weighted by molar-refractivity contribution is 7.46. The molecule has 36 heavy (non-hydrogen) atoms. The highest BCUT2D eigenvalue weighted by Gasteiger charge is 2.36. The third-order valence-corrected chi connectivity index (χ3v) is 5.98. The number of hydrogen-bond donors (Lipinski definition) is 2. The van der Waals surface area contributed by atoms with Gasteiger partial charge < -0.3 is 24.2 Å². The number of anilines is 2. The van der Waals surface area contributed by atoms with Gasteiger partial charge in [-0.1, -0.05) is 0 Å². The zero-order valence-corrected chi connectivity index (χ0v) is 20.1. The molecule has 1 aromatic heterocycles. The fourth-order valence-corrected chi connectivity index (χ4v) is 4.16. The van der Waals surface area contributed by atoms with Crippen molar-refractivity contribution in [1.82, 2.24) is 14.7 Å². The first kappa shape index (κ1) is 25.6. The Hall–Kier alpha value is -3.52. The van der Waals surface area contributed by atoms with Gasteiger partial charge in [-0.25, -0.2) is 28.0 Å². The maximum absolute atomic E-state index is 15.0. The van der Waals surface area contributed by atoms with Crippen LogP contribution in [0.3, 0.4) is 0 Å². The Morgan fingerprint density at radius 3 is 2.72 bits per heavy atom. The lowest BCUT2D eigenvalue weighted by molar-refractivity contribution is -0.128. The standard InChI is InChI=1S/C20H23FN5O9P/c1-12(27)25(19(28)33-11-34-36(30,31)32)8-15-9-26(20(29)35-15)14-3-4-18(16(21)5-14)24-7-13-6-23(2)22-17(13)10-24/h3-6,15H,7-11H2,1-2H3,(H2,30,31,32). The molecule has 1 saturated heterocycles. The van der Waals surface area contributed by atoms with E-state index in [0.29, 0.717) is 23.7 Å². The Labute approximate surface area is 204 Å². The van der Waals surface area contributed by atoms with Crippen molar-refractivity contribution in [3.05, 3.63) is 41.5 Å². The van der Waals surface area contributed by atoms with Crippen LogP contribution in [0.25, 0.3) is 0 Å². The number of nitrogens with zero attached hydrogens (tertiary/aromatic N) is 5. The molecular weight excluding hydrogens is 504 g/mol. The molecule has 3 amide bonds. The van der Waals surface area contributed by atoms with Crippen LogP contribution in [0.5, 0.6) is 0 Å². The number of aromatic nitrogens is 2. The minimum atomic E-state index is -4.88. The van der Waals surface area contributed by atoms with Crippen molar-refractivity contribution in [2.24, 2.45) is 7.05 Å². The van der Waals surface area contributed by atoms with E-state index in [-0.39, 0.29) is 12.2 Å². The van der Waals surface area contributed by atoms with E-state index in [0.717, 1.165) is 18.2 Å². The summed E-state index contributed by atoms with van der Waals surface area (Å²) >= 11 is 0. The van der Waals surface area contributed by atoms with Crippen LogP contribution >= 0.6 is 7.82 Å². The first-order chi connectivity index (χ1) is 16.9. The zero-order valence-electron chi connectivity index (χ0n) is 19.2. The summed E-state index contributed by atoms with van der Waals surface area (Å²) in [5.74, 6) is -1.31. The highest BCUT2D eigenvalue weighted by Crippen LogP contribution is 2.35. The zero-order chi connectivity index (χ0) is 26.2. The summed E-state index contributed by atoms with van der Waals surface area (Å²) in [6.45, 7) is 0.437. The van der Waals surface area contributed by atoms with E-state index in [1.807, 2.05) is 18.1 Å². The Balaban J connectivity index is 1.38. The van der Waals surface area contributed by atoms with E-state index < -0.39 is 51.2 Å². The van der Waals surface area contributed by atoms with Gasteiger partial charge >= 0.3 is 20.0 Å². The van der Waals surface area contributed by atoms with E-state index in [9.17, 15) is 23.3 Å². The number of carbonyl (C=O) groups excluding carboxylic acids is 3. The van der Waals surface area contributed by atoms with Gasteiger partial charge in [0.05, 0.1) is 36.7 Å². The summed E-state index contributed by atoms with van der Waals surface area (Å²) in [7, 11) is -3.06. The number of halogens is 1. The smallest absolute Gasteiger partial charge is 0.442 e. The fourth-order valence-electron chi connectivity index (χ4n) is 3.97. The normalized spacial score (nSPS) is 17.2. The number of carbonyl (C=O) groups is 3. The van der Waals surface area contributed by atoms with E-state index in [2.05, 4.69) is 14.4 Å². The summed E-state index contributed by atoms with van der Waals surface area (Å²) in [5.41, 5.74) is 2.46. The maximum Gasteiger partial charge on any atom is 0.472 e. The van der Waals surface area contributed by atoms with Crippen molar-refractivity contribution in [3.63, 3.8) is 0 Å². The fraction of sp³-hybridized carbons (Fsp3) is 0.400. The quantitative estimate of drug-likeness (QED) is 0.396. The van der Waals surface area contributed by atoms with Crippen molar-refractivity contribution >= 4 is 37.3 Å². The lowest BCUT2D eigenvalue weighted by Crippen LogP contribution is -2.42. The van der Waals surface area contributed by atoms with Crippen molar-refractivity contribution in [2.75, 3.05) is 29.7 Å². The monoisotopic (exact) mass is 527 g/mol. The Bertz CT molecular complexity index is 1220. The first-order valence-electron chi connectivity index (χ1n) is 10.6. The first-order valence-corrected chi connectivity index (χ1v) is 12.1. The van der Waals surface area contributed by atoms with Crippen molar-refractivity contribution < 1.29 is 47.1 Å². The van der Waals surface area contributed by atoms with Gasteiger partial charge in [0.2, 0.25) is 12.7 Å². The van der Waals surface area contributed by atoms with Crippen LogP contribution in [0.1, 0.15) is 18.2 Å². The van der Waals surface area contributed by atoms with E-state index >= 15 is 0 Å². The van der Waals surface area contributed by atoms with Crippen molar-refractivity contribution in [1.29, 1.82) is 0 Å². The molecule has 16 heteroatoms. The van der Waals surface area contributed by atoms with Gasteiger partial charge in [-0.15, -0.1) is 0 Å². The van der Waals surface area contributed by atoms with Gasteiger partial charge in [0.1, 0.15) is 11.9 Å². The average molecular weight is 527 g/mol. The number of amides is 3. The third kappa shape index (κ3) is 5.65. The molecule has 0 spiro atoms. The molecule has 1 unspecified atom stereocenters. The molecule has 1 fully saturated rings. The Morgan fingerprint density at radius 2 is 2.08 bits per heavy atom. The number of cyclic esters (lactones) is 1. The van der Waals surface area contributed by atoms with E-state index in [1.54, 1.807) is 16.8 Å². The molecule has 0 aliphatic carbocycles. The van der Waals surface area contributed by atoms with Crippen LogP contribution in [-0.4, -0.2) is 68.5 Å². The molecule has 0 radical (unpaired) electrons. The SMILES string of the molecule is CC(=O)N(CC1CN(c2ccc(N3Cc4cn(C)nc4C3)c(F)c2)C(=O)O1)C(=O)OCOP(=O)(O)O. The molecule has 3 heterocycles. The lowest BCUT2D eigenvalue weighted by Gasteiger charge is -2.22. The number of imide groups is 1. The third-order valence-electron chi connectivity index (χ3n) is 5.54. The molecule has 1 atom stereocenters. The molecule has 0 bridgehead atoms. The maximum atomic E-state index is 15.0. The summed E-state index contributed by atoms with van der Waals surface area (Å²) in [6.07, 6.45) is -1.12. The minimum absolute atomic E-state index is 0.0899. The van der Waals surface area contributed by atoms with E-state index in [1.165, 1.54) is 11.0 Å². The second-order valence-corrected chi connectivity index (χ2v) is 9.40. The molecule has 194 valence electrons. The average Bonchev–Trinajstić information content (AvgIpc) is 3.43. The van der Waals surface area contributed by atoms with Crippen LogP contribution < -0.4 is 9.80 Å². The van der Waals surface area contributed by atoms with Crippen LogP contribution in [0.15, 0.2) is 24.4 Å². The molecule has 14 nitrogen and oxygen atoms in total. The van der Waals surface area contributed by atoms with Crippen molar-refractivity contribution in [3.8, 4) is 0 Å². The predicted molar refractivity (Wildman–Crippen MR) is 119 cm³/mol. The summed E-state index contributed by atoms with van der Waals surface area (Å²) < 4.78 is 41.1. The molecule has 2 N–H and O–H groups in total. The summed E-state index contributed by atoms with van der Waals surface area (Å²) in [6, 6.07) is 4.32. The van der Waals surface area contributed by atoms with Crippen LogP contribution in [0.2, 0.25) is 0 Å². The molecular formula is C20H23FN5O9P. The number of phosphoric ester groups is 1. The molecule has 4 rings (SSSR count). The molecule has 2 aliphatic rings. The minimum Gasteiger partial charge on any atom is -0.442 e. The van der Waals surface area contributed by atoms with Gasteiger partial charge in [0, 0.05) is 32.3 Å². The van der Waals surface area contributed by atoms with Gasteiger partial charge in [-0.2, -0.15) is 5.10 Å². The number of benzene rings is 1. The van der Waals surface area contributed by atoms with Gasteiger partial charge in [-0.3, -0.25) is 14.4 Å². The Morgan fingerprint density at radius 1 is 1.33 bits per heavy atom. The second kappa shape index (κ2) is 9.85. The molecule has 0 saturated carbocycles. The second-order valence-electron chi connectivity index (χ2n) is 8.16. The van der Waals surface area contributed by atoms with E-state index in [4.69, 9.17) is 14.5 Å². The number of aryl methyl sites for hydroxylation is 1. The number of rotatable bonds is 7. The summed E-state index contributed by atoms with van der Waals surface area (Å²) in [5, 5.41) is 4.35. The number of fused-ring (bicyclic) bond motifs is 1. The van der Waals surface area contributed by atoms with Gasteiger partial charge in [-0.05, 0) is 18.2 Å². The molecule has 2 aliphatic heterocycles. The largest absolute Gasteiger partial charge is 0.472 e. The van der Waals surface area contributed by atoms with Crippen LogP contribution in [0, 0.1) is 5.82 Å². The number of phosphoric acid groups is 1. The predicted octanol–water partition coefficient (Wildman–Crippen LogP) is 1.46. The topological polar surface area (TPSA) is 164 Å². The van der Waals surface area contributed by atoms with Crippen LogP contribution in [0.4, 0.5) is 25.4 Å². The summed E-state index contributed by atoms with van der Waals surface area (Å²) in [4.78, 5) is 57.3. The van der Waals surface area contributed by atoms with Gasteiger partial charge in [0.15, 0.2) is 0 Å². The Kier molecular flexibility index (Phi) is 7.00. The molecule has 1 aromatic carbocycles. The number of ether oxygens (including phenoxy) is 2. The van der Waals surface area contributed by atoms with Crippen LogP contribution in [-0.2, 0) is 43.5 Å². The molecule has 2 aromatic rings. The highest BCUT2D eigenvalue weighted by atomic mass is 31.2. The lowest BCUT2D eigenvalue weighted by atomic mass is 10.2. The van der Waals surface area contributed by atoms with Crippen molar-refractivity contribution in [2.45, 2.75) is 26.1 Å². The van der Waals surface area contributed by atoms with Gasteiger partial charge in [0.25, 0.3) is 0 Å².